The topological polar surface area (TPSA) is 100 Å². The number of aromatic nitrogens is 1. The molecule has 1 aromatic heterocycles. The molecule has 1 rings (SSSR count). The smallest absolute Gasteiger partial charge is 0.244 e. The molecule has 0 atom stereocenters. The number of hydrogen-bond donors (Lipinski definition) is 3. The van der Waals surface area contributed by atoms with Crippen molar-refractivity contribution in [2.45, 2.75) is 25.2 Å². The van der Waals surface area contributed by atoms with Crippen molar-refractivity contribution >= 4 is 21.6 Å². The molecule has 0 bridgehead atoms. The number of pyridine rings is 1. The van der Waals surface area contributed by atoms with Gasteiger partial charge in [0.05, 0.1) is 12.2 Å². The minimum atomic E-state index is -3.77. The van der Waals surface area contributed by atoms with Crippen LogP contribution in [0.5, 0.6) is 0 Å². The Morgan fingerprint density at radius 1 is 1.35 bits per heavy atom. The molecule has 0 fully saturated rings. The van der Waals surface area contributed by atoms with E-state index in [1.807, 2.05) is 6.92 Å². The van der Waals surface area contributed by atoms with E-state index in [1.165, 1.54) is 12.4 Å². The summed E-state index contributed by atoms with van der Waals surface area (Å²) in [5, 5.41) is 5.54. The molecule has 0 radical (unpaired) electrons. The lowest BCUT2D eigenvalue weighted by atomic mass is 10.4. The molecule has 3 N–H and O–H groups in total. The Morgan fingerprint density at radius 3 is 2.75 bits per heavy atom. The summed E-state index contributed by atoms with van der Waals surface area (Å²) in [4.78, 5) is 15.2. The van der Waals surface area contributed by atoms with Crippen LogP contribution in [0.4, 0.5) is 5.69 Å². The first-order valence-electron chi connectivity index (χ1n) is 6.45. The van der Waals surface area contributed by atoms with Crippen LogP contribution in [-0.4, -0.2) is 38.9 Å². The van der Waals surface area contributed by atoms with Gasteiger partial charge in [-0.15, -0.1) is 0 Å². The average molecular weight is 300 g/mol. The summed E-state index contributed by atoms with van der Waals surface area (Å²) >= 11 is 0. The number of likely N-dealkylation sites (N-methyl/N-ethyl adjacent to an activating group) is 1. The van der Waals surface area contributed by atoms with Crippen LogP contribution < -0.4 is 15.4 Å². The van der Waals surface area contributed by atoms with Crippen LogP contribution in [0.3, 0.4) is 0 Å². The highest BCUT2D eigenvalue weighted by Gasteiger charge is 2.19. The van der Waals surface area contributed by atoms with Crippen LogP contribution >= 0.6 is 0 Å². The number of rotatable bonds is 8. The highest BCUT2D eigenvalue weighted by atomic mass is 32.2. The zero-order valence-electron chi connectivity index (χ0n) is 11.6. The summed E-state index contributed by atoms with van der Waals surface area (Å²) in [6.07, 6.45) is 3.65. The summed E-state index contributed by atoms with van der Waals surface area (Å²) in [6.45, 7) is 4.56. The second-order valence-corrected chi connectivity index (χ2v) is 5.81. The van der Waals surface area contributed by atoms with Crippen molar-refractivity contribution in [3.8, 4) is 0 Å². The molecule has 0 aromatic carbocycles. The van der Waals surface area contributed by atoms with Gasteiger partial charge in [0.2, 0.25) is 15.9 Å². The SMILES string of the molecule is CCCNc1ccncc1S(=O)(=O)NCC(=O)NCC. The fourth-order valence-electron chi connectivity index (χ4n) is 1.50. The van der Waals surface area contributed by atoms with E-state index in [2.05, 4.69) is 20.3 Å². The van der Waals surface area contributed by atoms with E-state index >= 15 is 0 Å². The molecule has 7 nitrogen and oxygen atoms in total. The highest BCUT2D eigenvalue weighted by Crippen LogP contribution is 2.19. The van der Waals surface area contributed by atoms with Gasteiger partial charge in [-0.2, -0.15) is 0 Å². The summed E-state index contributed by atoms with van der Waals surface area (Å²) in [6, 6.07) is 1.59. The second kappa shape index (κ2) is 7.81. The minimum Gasteiger partial charge on any atom is -0.384 e. The molecule has 0 saturated heterocycles. The van der Waals surface area contributed by atoms with Crippen molar-refractivity contribution in [3.05, 3.63) is 18.5 Å². The van der Waals surface area contributed by atoms with Crippen LogP contribution in [-0.2, 0) is 14.8 Å². The van der Waals surface area contributed by atoms with Crippen molar-refractivity contribution in [1.82, 2.24) is 15.0 Å². The third kappa shape index (κ3) is 4.78. The first-order chi connectivity index (χ1) is 9.51. The molecule has 8 heteroatoms. The molecule has 112 valence electrons. The van der Waals surface area contributed by atoms with Gasteiger partial charge in [-0.05, 0) is 19.4 Å². The van der Waals surface area contributed by atoms with Gasteiger partial charge in [0.25, 0.3) is 0 Å². The number of nitrogens with one attached hydrogen (secondary N) is 3. The van der Waals surface area contributed by atoms with Crippen LogP contribution in [0.15, 0.2) is 23.4 Å². The van der Waals surface area contributed by atoms with Gasteiger partial charge in [-0.3, -0.25) is 9.78 Å². The maximum Gasteiger partial charge on any atom is 0.244 e. The molecular formula is C12H20N4O3S. The summed E-state index contributed by atoms with van der Waals surface area (Å²) in [7, 11) is -3.77. The zero-order chi connectivity index (χ0) is 15.0. The van der Waals surface area contributed by atoms with Gasteiger partial charge in [-0.1, -0.05) is 6.92 Å². The Kier molecular flexibility index (Phi) is 6.40. The average Bonchev–Trinajstić information content (AvgIpc) is 2.44. The van der Waals surface area contributed by atoms with Crippen molar-refractivity contribution in [2.75, 3.05) is 25.0 Å². The molecule has 0 unspecified atom stereocenters. The Labute approximate surface area is 119 Å². The van der Waals surface area contributed by atoms with E-state index in [-0.39, 0.29) is 17.3 Å². The van der Waals surface area contributed by atoms with E-state index in [0.717, 1.165) is 6.42 Å². The van der Waals surface area contributed by atoms with E-state index in [0.29, 0.717) is 18.8 Å². The maximum absolute atomic E-state index is 12.2. The molecule has 0 saturated carbocycles. The van der Waals surface area contributed by atoms with E-state index in [9.17, 15) is 13.2 Å². The van der Waals surface area contributed by atoms with Gasteiger partial charge in [0, 0.05) is 25.5 Å². The lowest BCUT2D eigenvalue weighted by Crippen LogP contribution is -2.37. The van der Waals surface area contributed by atoms with Crippen LogP contribution in [0.1, 0.15) is 20.3 Å². The normalized spacial score (nSPS) is 11.1. The molecule has 0 aliphatic rings. The first-order valence-corrected chi connectivity index (χ1v) is 7.93. The largest absolute Gasteiger partial charge is 0.384 e. The molecule has 20 heavy (non-hydrogen) atoms. The van der Waals surface area contributed by atoms with E-state index in [4.69, 9.17) is 0 Å². The van der Waals surface area contributed by atoms with Gasteiger partial charge < -0.3 is 10.6 Å². The monoisotopic (exact) mass is 300 g/mol. The fourth-order valence-corrected chi connectivity index (χ4v) is 2.60. The Morgan fingerprint density at radius 2 is 2.10 bits per heavy atom. The molecule has 1 heterocycles. The van der Waals surface area contributed by atoms with Crippen LogP contribution in [0.25, 0.3) is 0 Å². The lowest BCUT2D eigenvalue weighted by molar-refractivity contribution is -0.119. The number of carbonyl (C=O) groups is 1. The Bertz CT molecular complexity index is 545. The number of nitrogens with zero attached hydrogens (tertiary/aromatic N) is 1. The predicted octanol–water partition coefficient (Wildman–Crippen LogP) is 0.318. The number of carbonyl (C=O) groups excluding carboxylic acids is 1. The first kappa shape index (κ1) is 16.4. The highest BCUT2D eigenvalue weighted by molar-refractivity contribution is 7.89. The second-order valence-electron chi connectivity index (χ2n) is 4.08. The number of amides is 1. The molecule has 0 aliphatic carbocycles. The summed E-state index contributed by atoms with van der Waals surface area (Å²) in [5.41, 5.74) is 0.477. The summed E-state index contributed by atoms with van der Waals surface area (Å²) in [5.74, 6) is -0.372. The Balaban J connectivity index is 2.83. The minimum absolute atomic E-state index is 0.0396. The van der Waals surface area contributed by atoms with Crippen LogP contribution in [0.2, 0.25) is 0 Å². The molecule has 0 spiro atoms. The zero-order valence-corrected chi connectivity index (χ0v) is 12.5. The van der Waals surface area contributed by atoms with Crippen molar-refractivity contribution in [3.63, 3.8) is 0 Å². The number of anilines is 1. The molecule has 0 aliphatic heterocycles. The summed E-state index contributed by atoms with van der Waals surface area (Å²) < 4.78 is 26.6. The number of sulfonamides is 1. The molecule has 1 aromatic rings. The standard InChI is InChI=1S/C12H20N4O3S/c1-3-6-15-10-5-7-13-8-11(10)20(18,19)16-9-12(17)14-4-2/h5,7-8,16H,3-4,6,9H2,1-2H3,(H,13,15)(H,14,17). The fraction of sp³-hybridized carbons (Fsp3) is 0.500. The van der Waals surface area contributed by atoms with Crippen molar-refractivity contribution in [1.29, 1.82) is 0 Å². The van der Waals surface area contributed by atoms with E-state index < -0.39 is 10.0 Å². The maximum atomic E-state index is 12.2. The molecule has 1 amide bonds. The third-order valence-corrected chi connectivity index (χ3v) is 3.86. The third-order valence-electron chi connectivity index (χ3n) is 2.44. The predicted molar refractivity (Wildman–Crippen MR) is 76.9 cm³/mol. The van der Waals surface area contributed by atoms with Gasteiger partial charge in [-0.25, -0.2) is 13.1 Å². The Hall–Kier alpha value is -1.67. The van der Waals surface area contributed by atoms with Crippen molar-refractivity contribution in [2.24, 2.45) is 0 Å². The van der Waals surface area contributed by atoms with Gasteiger partial charge >= 0.3 is 0 Å². The number of hydrogen-bond acceptors (Lipinski definition) is 5. The quantitative estimate of drug-likeness (QED) is 0.642. The van der Waals surface area contributed by atoms with Gasteiger partial charge in [0.1, 0.15) is 4.90 Å². The van der Waals surface area contributed by atoms with E-state index in [1.54, 1.807) is 13.0 Å². The van der Waals surface area contributed by atoms with Crippen molar-refractivity contribution < 1.29 is 13.2 Å². The van der Waals surface area contributed by atoms with Crippen LogP contribution in [0, 0.1) is 0 Å². The lowest BCUT2D eigenvalue weighted by Gasteiger charge is -2.12. The molecular weight excluding hydrogens is 280 g/mol. The van der Waals surface area contributed by atoms with Gasteiger partial charge in [0.15, 0.2) is 0 Å².